The third kappa shape index (κ3) is 9.24. The Morgan fingerprint density at radius 1 is 1.28 bits per heavy atom. The molecule has 2 unspecified atom stereocenters. The molecule has 108 valence electrons. The van der Waals surface area contributed by atoms with Crippen molar-refractivity contribution >= 4 is 6.09 Å². The summed E-state index contributed by atoms with van der Waals surface area (Å²) in [6.07, 6.45) is 0.459. The smallest absolute Gasteiger partial charge is 0.407 e. The molecule has 3 N–H and O–H groups in total. The van der Waals surface area contributed by atoms with Crippen molar-refractivity contribution in [3.05, 3.63) is 0 Å². The lowest BCUT2D eigenvalue weighted by atomic mass is 10.1. The molecule has 0 fully saturated rings. The second kappa shape index (κ2) is 8.32. The summed E-state index contributed by atoms with van der Waals surface area (Å²) in [4.78, 5) is 11.3. The van der Waals surface area contributed by atoms with E-state index in [0.29, 0.717) is 6.54 Å². The monoisotopic (exact) mass is 260 g/mol. The van der Waals surface area contributed by atoms with Crippen LogP contribution in [0.25, 0.3) is 0 Å². The van der Waals surface area contributed by atoms with E-state index < -0.39 is 5.60 Å². The van der Waals surface area contributed by atoms with Gasteiger partial charge in [0.05, 0.1) is 0 Å². The maximum absolute atomic E-state index is 11.3. The van der Waals surface area contributed by atoms with E-state index in [1.165, 1.54) is 0 Å². The van der Waals surface area contributed by atoms with Crippen molar-refractivity contribution < 1.29 is 14.6 Å². The minimum absolute atomic E-state index is 0.185. The van der Waals surface area contributed by atoms with Crippen LogP contribution >= 0.6 is 0 Å². The number of aliphatic hydroxyl groups excluding tert-OH is 1. The molecule has 0 aromatic carbocycles. The highest BCUT2D eigenvalue weighted by Crippen LogP contribution is 2.06. The minimum atomic E-state index is -0.451. The van der Waals surface area contributed by atoms with Crippen LogP contribution in [0, 0.1) is 5.92 Å². The first-order valence-electron chi connectivity index (χ1n) is 6.57. The van der Waals surface area contributed by atoms with Gasteiger partial charge in [0.2, 0.25) is 0 Å². The number of amides is 1. The Morgan fingerprint density at radius 2 is 1.89 bits per heavy atom. The molecule has 1 amide bonds. The standard InChI is InChI=1S/C13H28N2O3/c1-10(9-16)11(2)14-7-6-8-15-12(17)18-13(3,4)5/h10-11,14,16H,6-9H2,1-5H3,(H,15,17). The van der Waals surface area contributed by atoms with Crippen molar-refractivity contribution in [3.8, 4) is 0 Å². The summed E-state index contributed by atoms with van der Waals surface area (Å²) < 4.78 is 5.12. The third-order valence-corrected chi connectivity index (χ3v) is 2.63. The molecule has 0 aliphatic heterocycles. The van der Waals surface area contributed by atoms with Crippen LogP contribution in [-0.4, -0.2) is 42.5 Å². The molecule has 0 saturated carbocycles. The summed E-state index contributed by atoms with van der Waals surface area (Å²) in [7, 11) is 0. The Hall–Kier alpha value is -0.810. The summed E-state index contributed by atoms with van der Waals surface area (Å²) in [5, 5.41) is 15.0. The van der Waals surface area contributed by atoms with E-state index in [9.17, 15) is 4.79 Å². The molecule has 0 bridgehead atoms. The van der Waals surface area contributed by atoms with Gasteiger partial charge in [-0.2, -0.15) is 0 Å². The number of alkyl carbamates (subject to hydrolysis) is 1. The predicted molar refractivity (Wildman–Crippen MR) is 72.6 cm³/mol. The van der Waals surface area contributed by atoms with E-state index in [4.69, 9.17) is 9.84 Å². The van der Waals surface area contributed by atoms with Crippen LogP contribution in [0.2, 0.25) is 0 Å². The van der Waals surface area contributed by atoms with Crippen LogP contribution in [0.1, 0.15) is 41.0 Å². The second-order valence-corrected chi connectivity index (χ2v) is 5.68. The molecule has 18 heavy (non-hydrogen) atoms. The summed E-state index contributed by atoms with van der Waals surface area (Å²) in [5.74, 6) is 0.240. The Morgan fingerprint density at radius 3 is 2.39 bits per heavy atom. The van der Waals surface area contributed by atoms with Gasteiger partial charge in [0.15, 0.2) is 0 Å². The molecular formula is C13H28N2O3. The number of nitrogens with one attached hydrogen (secondary N) is 2. The summed E-state index contributed by atoms with van der Waals surface area (Å²) in [6, 6.07) is 0.275. The van der Waals surface area contributed by atoms with E-state index in [1.807, 2.05) is 34.6 Å². The molecule has 0 aliphatic rings. The first kappa shape index (κ1) is 17.2. The highest BCUT2D eigenvalue weighted by Gasteiger charge is 2.15. The number of hydrogen-bond donors (Lipinski definition) is 3. The fourth-order valence-electron chi connectivity index (χ4n) is 1.28. The Balaban J connectivity index is 3.54. The van der Waals surface area contributed by atoms with Crippen molar-refractivity contribution in [1.82, 2.24) is 10.6 Å². The lowest BCUT2D eigenvalue weighted by Gasteiger charge is -2.20. The molecular weight excluding hydrogens is 232 g/mol. The van der Waals surface area contributed by atoms with Crippen molar-refractivity contribution in [1.29, 1.82) is 0 Å². The van der Waals surface area contributed by atoms with Crippen LogP contribution < -0.4 is 10.6 Å². The SMILES string of the molecule is CC(CO)C(C)NCCCNC(=O)OC(C)(C)C. The lowest BCUT2D eigenvalue weighted by Crippen LogP contribution is -2.37. The third-order valence-electron chi connectivity index (χ3n) is 2.63. The number of carbonyl (C=O) groups excluding carboxylic acids is 1. The fraction of sp³-hybridized carbons (Fsp3) is 0.923. The number of carbonyl (C=O) groups is 1. The average Bonchev–Trinajstić information content (AvgIpc) is 2.24. The van der Waals surface area contributed by atoms with E-state index >= 15 is 0 Å². The topological polar surface area (TPSA) is 70.6 Å². The van der Waals surface area contributed by atoms with Gasteiger partial charge in [-0.25, -0.2) is 4.79 Å². The van der Waals surface area contributed by atoms with E-state index in [-0.39, 0.29) is 24.7 Å². The molecule has 5 heteroatoms. The zero-order valence-electron chi connectivity index (χ0n) is 12.2. The van der Waals surface area contributed by atoms with Crippen LogP contribution in [0.15, 0.2) is 0 Å². The van der Waals surface area contributed by atoms with Gasteiger partial charge in [-0.15, -0.1) is 0 Å². The zero-order valence-corrected chi connectivity index (χ0v) is 12.2. The van der Waals surface area contributed by atoms with Crippen molar-refractivity contribution in [3.63, 3.8) is 0 Å². The van der Waals surface area contributed by atoms with E-state index in [2.05, 4.69) is 10.6 Å². The molecule has 5 nitrogen and oxygen atoms in total. The van der Waals surface area contributed by atoms with Gasteiger partial charge < -0.3 is 20.5 Å². The quantitative estimate of drug-likeness (QED) is 0.607. The number of hydrogen-bond acceptors (Lipinski definition) is 4. The maximum Gasteiger partial charge on any atom is 0.407 e. The average molecular weight is 260 g/mol. The first-order chi connectivity index (χ1) is 8.26. The molecule has 0 aromatic heterocycles. The summed E-state index contributed by atoms with van der Waals surface area (Å²) in [5.41, 5.74) is -0.451. The Kier molecular flexibility index (Phi) is 7.95. The zero-order chi connectivity index (χ0) is 14.2. The molecule has 0 radical (unpaired) electrons. The second-order valence-electron chi connectivity index (χ2n) is 5.68. The van der Waals surface area contributed by atoms with Gasteiger partial charge in [-0.05, 0) is 46.6 Å². The Bertz CT molecular complexity index is 239. The molecule has 2 atom stereocenters. The Labute approximate surface area is 110 Å². The summed E-state index contributed by atoms with van der Waals surface area (Å²) >= 11 is 0. The van der Waals surface area contributed by atoms with Crippen molar-refractivity contribution in [2.24, 2.45) is 5.92 Å². The van der Waals surface area contributed by atoms with Gasteiger partial charge in [-0.1, -0.05) is 6.92 Å². The molecule has 0 aromatic rings. The van der Waals surface area contributed by atoms with Gasteiger partial charge in [0, 0.05) is 19.2 Å². The molecule has 0 saturated heterocycles. The van der Waals surface area contributed by atoms with Crippen LogP contribution in [0.5, 0.6) is 0 Å². The highest BCUT2D eigenvalue weighted by molar-refractivity contribution is 5.67. The normalized spacial score (nSPS) is 15.0. The van der Waals surface area contributed by atoms with Gasteiger partial charge >= 0.3 is 6.09 Å². The van der Waals surface area contributed by atoms with Crippen LogP contribution in [0.4, 0.5) is 4.79 Å². The van der Waals surface area contributed by atoms with Gasteiger partial charge in [0.25, 0.3) is 0 Å². The van der Waals surface area contributed by atoms with Crippen LogP contribution in [-0.2, 0) is 4.74 Å². The lowest BCUT2D eigenvalue weighted by molar-refractivity contribution is 0.0527. The minimum Gasteiger partial charge on any atom is -0.444 e. The van der Waals surface area contributed by atoms with Crippen molar-refractivity contribution in [2.75, 3.05) is 19.7 Å². The molecule has 0 aliphatic carbocycles. The number of aliphatic hydroxyl groups is 1. The first-order valence-corrected chi connectivity index (χ1v) is 6.57. The largest absolute Gasteiger partial charge is 0.444 e. The predicted octanol–water partition coefficient (Wildman–Crippen LogP) is 1.51. The van der Waals surface area contributed by atoms with E-state index in [1.54, 1.807) is 0 Å². The summed E-state index contributed by atoms with van der Waals surface area (Å²) in [6.45, 7) is 11.1. The van der Waals surface area contributed by atoms with Gasteiger partial charge in [-0.3, -0.25) is 0 Å². The number of ether oxygens (including phenoxy) is 1. The van der Waals surface area contributed by atoms with Crippen LogP contribution in [0.3, 0.4) is 0 Å². The molecule has 0 rings (SSSR count). The highest BCUT2D eigenvalue weighted by atomic mass is 16.6. The fourth-order valence-corrected chi connectivity index (χ4v) is 1.28. The van der Waals surface area contributed by atoms with Gasteiger partial charge in [0.1, 0.15) is 5.60 Å². The molecule has 0 heterocycles. The van der Waals surface area contributed by atoms with Crippen molar-refractivity contribution in [2.45, 2.75) is 52.7 Å². The number of rotatable bonds is 7. The maximum atomic E-state index is 11.3. The van der Waals surface area contributed by atoms with E-state index in [0.717, 1.165) is 13.0 Å². The molecule has 0 spiro atoms.